The number of carbonyl (C=O) groups is 1. The van der Waals surface area contributed by atoms with Gasteiger partial charge in [-0.05, 0) is 43.0 Å². The largest absolute Gasteiger partial charge is 0.381 e. The van der Waals surface area contributed by atoms with Crippen LogP contribution < -0.4 is 0 Å². The second-order valence-corrected chi connectivity index (χ2v) is 5.00. The number of Topliss-reactive ketones (excluding diaryl/α,β-unsaturated/α-hetero) is 1. The van der Waals surface area contributed by atoms with Crippen molar-refractivity contribution in [3.05, 3.63) is 35.6 Å². The summed E-state index contributed by atoms with van der Waals surface area (Å²) in [4.78, 5) is 11.8. The van der Waals surface area contributed by atoms with E-state index < -0.39 is 0 Å². The minimum atomic E-state index is -0.315. The Bertz CT molecular complexity index is 373. The minimum absolute atomic E-state index is 0.0465. The van der Waals surface area contributed by atoms with Crippen LogP contribution in [0.4, 0.5) is 4.39 Å². The SMILES string of the molecule is CCCC(C)COCCCC(=O)c1ccc(F)cc1. The fourth-order valence-corrected chi connectivity index (χ4v) is 1.98. The van der Waals surface area contributed by atoms with Crippen molar-refractivity contribution in [1.82, 2.24) is 0 Å². The predicted octanol–water partition coefficient (Wildman–Crippen LogP) is 4.24. The van der Waals surface area contributed by atoms with E-state index in [-0.39, 0.29) is 11.6 Å². The molecule has 0 aliphatic rings. The van der Waals surface area contributed by atoms with Crippen LogP contribution in [-0.2, 0) is 4.74 Å². The molecule has 106 valence electrons. The van der Waals surface area contributed by atoms with Gasteiger partial charge in [-0.25, -0.2) is 4.39 Å². The first-order chi connectivity index (χ1) is 9.13. The summed E-state index contributed by atoms with van der Waals surface area (Å²) in [6, 6.07) is 5.69. The Morgan fingerprint density at radius 2 is 2.00 bits per heavy atom. The van der Waals surface area contributed by atoms with Gasteiger partial charge in [0.2, 0.25) is 0 Å². The van der Waals surface area contributed by atoms with Crippen molar-refractivity contribution >= 4 is 5.78 Å². The lowest BCUT2D eigenvalue weighted by Gasteiger charge is -2.10. The van der Waals surface area contributed by atoms with Crippen LogP contribution in [-0.4, -0.2) is 19.0 Å². The Morgan fingerprint density at radius 3 is 2.63 bits per heavy atom. The quantitative estimate of drug-likeness (QED) is 0.493. The van der Waals surface area contributed by atoms with Crippen molar-refractivity contribution in [3.8, 4) is 0 Å². The van der Waals surface area contributed by atoms with Gasteiger partial charge in [-0.2, -0.15) is 0 Å². The summed E-state index contributed by atoms with van der Waals surface area (Å²) in [5.41, 5.74) is 0.570. The average molecular weight is 266 g/mol. The molecular formula is C16H23FO2. The lowest BCUT2D eigenvalue weighted by Crippen LogP contribution is -2.08. The molecule has 1 unspecified atom stereocenters. The molecule has 0 heterocycles. The molecule has 3 heteroatoms. The number of carbonyl (C=O) groups excluding carboxylic acids is 1. The van der Waals surface area contributed by atoms with Crippen molar-refractivity contribution in [2.75, 3.05) is 13.2 Å². The summed E-state index contributed by atoms with van der Waals surface area (Å²) in [6.45, 7) is 5.71. The summed E-state index contributed by atoms with van der Waals surface area (Å²) in [5, 5.41) is 0. The Labute approximate surface area is 115 Å². The molecule has 1 aromatic rings. The second kappa shape index (κ2) is 8.81. The van der Waals surface area contributed by atoms with Gasteiger partial charge in [0.15, 0.2) is 5.78 Å². The maximum atomic E-state index is 12.7. The summed E-state index contributed by atoms with van der Waals surface area (Å²) in [6.07, 6.45) is 3.52. The second-order valence-electron chi connectivity index (χ2n) is 5.00. The van der Waals surface area contributed by atoms with Crippen molar-refractivity contribution in [1.29, 1.82) is 0 Å². The van der Waals surface area contributed by atoms with Gasteiger partial charge in [0, 0.05) is 25.2 Å². The first-order valence-electron chi connectivity index (χ1n) is 7.00. The summed E-state index contributed by atoms with van der Waals surface area (Å²) >= 11 is 0. The van der Waals surface area contributed by atoms with E-state index in [0.717, 1.165) is 13.0 Å². The van der Waals surface area contributed by atoms with E-state index in [1.807, 2.05) is 0 Å². The van der Waals surface area contributed by atoms with E-state index in [9.17, 15) is 9.18 Å². The maximum Gasteiger partial charge on any atom is 0.162 e. The highest BCUT2D eigenvalue weighted by Gasteiger charge is 2.06. The first-order valence-corrected chi connectivity index (χ1v) is 7.00. The van der Waals surface area contributed by atoms with Crippen LogP contribution >= 0.6 is 0 Å². The van der Waals surface area contributed by atoms with Gasteiger partial charge in [-0.3, -0.25) is 4.79 Å². The Balaban J connectivity index is 2.15. The highest BCUT2D eigenvalue weighted by atomic mass is 19.1. The smallest absolute Gasteiger partial charge is 0.162 e. The van der Waals surface area contributed by atoms with Crippen molar-refractivity contribution in [3.63, 3.8) is 0 Å². The van der Waals surface area contributed by atoms with Crippen LogP contribution in [0.15, 0.2) is 24.3 Å². The summed E-state index contributed by atoms with van der Waals surface area (Å²) in [7, 11) is 0. The molecule has 0 aliphatic carbocycles. The molecule has 1 aromatic carbocycles. The molecule has 1 rings (SSSR count). The topological polar surface area (TPSA) is 26.3 Å². The maximum absolute atomic E-state index is 12.7. The lowest BCUT2D eigenvalue weighted by atomic mass is 10.1. The molecular weight excluding hydrogens is 243 g/mol. The molecule has 0 spiro atoms. The van der Waals surface area contributed by atoms with Gasteiger partial charge in [-0.15, -0.1) is 0 Å². The fraction of sp³-hybridized carbons (Fsp3) is 0.562. The van der Waals surface area contributed by atoms with E-state index in [1.54, 1.807) is 0 Å². The molecule has 0 fully saturated rings. The molecule has 1 atom stereocenters. The number of ether oxygens (including phenoxy) is 1. The van der Waals surface area contributed by atoms with Crippen LogP contribution in [0, 0.1) is 11.7 Å². The number of halogens is 1. The van der Waals surface area contributed by atoms with Crippen molar-refractivity contribution in [2.24, 2.45) is 5.92 Å². The third-order valence-corrected chi connectivity index (χ3v) is 3.04. The van der Waals surface area contributed by atoms with Gasteiger partial charge in [-0.1, -0.05) is 20.3 Å². The summed E-state index contributed by atoms with van der Waals surface area (Å²) in [5.74, 6) is 0.313. The van der Waals surface area contributed by atoms with Crippen molar-refractivity contribution in [2.45, 2.75) is 39.5 Å². The molecule has 0 saturated heterocycles. The number of hydrogen-bond donors (Lipinski definition) is 0. The normalized spacial score (nSPS) is 12.4. The molecule has 0 amide bonds. The van der Waals surface area contributed by atoms with Gasteiger partial charge in [0.1, 0.15) is 5.82 Å². The number of hydrogen-bond acceptors (Lipinski definition) is 2. The third kappa shape index (κ3) is 6.48. The van der Waals surface area contributed by atoms with Crippen LogP contribution in [0.25, 0.3) is 0 Å². The van der Waals surface area contributed by atoms with Gasteiger partial charge < -0.3 is 4.74 Å². The van der Waals surface area contributed by atoms with Crippen LogP contribution in [0.1, 0.15) is 49.9 Å². The van der Waals surface area contributed by atoms with E-state index in [0.29, 0.717) is 24.5 Å². The Hall–Kier alpha value is -1.22. The van der Waals surface area contributed by atoms with Gasteiger partial charge >= 0.3 is 0 Å². The molecule has 0 aromatic heterocycles. The molecule has 0 saturated carbocycles. The summed E-state index contributed by atoms with van der Waals surface area (Å²) < 4.78 is 18.3. The number of ketones is 1. The zero-order valence-electron chi connectivity index (χ0n) is 11.8. The minimum Gasteiger partial charge on any atom is -0.381 e. The first kappa shape index (κ1) is 15.8. The molecule has 0 aliphatic heterocycles. The fourth-order valence-electron chi connectivity index (χ4n) is 1.98. The van der Waals surface area contributed by atoms with E-state index in [4.69, 9.17) is 4.74 Å². The van der Waals surface area contributed by atoms with E-state index in [1.165, 1.54) is 37.1 Å². The molecule has 0 N–H and O–H groups in total. The van der Waals surface area contributed by atoms with Crippen molar-refractivity contribution < 1.29 is 13.9 Å². The number of benzene rings is 1. The Morgan fingerprint density at radius 1 is 1.32 bits per heavy atom. The molecule has 0 bridgehead atoms. The van der Waals surface area contributed by atoms with Crippen LogP contribution in [0.3, 0.4) is 0 Å². The molecule has 0 radical (unpaired) electrons. The van der Waals surface area contributed by atoms with Gasteiger partial charge in [0.05, 0.1) is 0 Å². The zero-order chi connectivity index (χ0) is 14.1. The molecule has 19 heavy (non-hydrogen) atoms. The van der Waals surface area contributed by atoms with Crippen LogP contribution in [0.2, 0.25) is 0 Å². The highest BCUT2D eigenvalue weighted by Crippen LogP contribution is 2.08. The van der Waals surface area contributed by atoms with Crippen LogP contribution in [0.5, 0.6) is 0 Å². The number of rotatable bonds is 9. The van der Waals surface area contributed by atoms with E-state index >= 15 is 0 Å². The standard InChI is InChI=1S/C16H23FO2/c1-3-5-13(2)12-19-11-4-6-16(18)14-7-9-15(17)10-8-14/h7-10,13H,3-6,11-12H2,1-2H3. The average Bonchev–Trinajstić information content (AvgIpc) is 2.39. The Kier molecular flexibility index (Phi) is 7.34. The monoisotopic (exact) mass is 266 g/mol. The molecule has 2 nitrogen and oxygen atoms in total. The zero-order valence-corrected chi connectivity index (χ0v) is 11.8. The lowest BCUT2D eigenvalue weighted by molar-refractivity contribution is 0.0871. The predicted molar refractivity (Wildman–Crippen MR) is 74.9 cm³/mol. The highest BCUT2D eigenvalue weighted by molar-refractivity contribution is 5.95. The van der Waals surface area contributed by atoms with E-state index in [2.05, 4.69) is 13.8 Å². The van der Waals surface area contributed by atoms with Gasteiger partial charge in [0.25, 0.3) is 0 Å². The third-order valence-electron chi connectivity index (χ3n) is 3.04.